The maximum Gasteiger partial charge on any atom is 0.253 e. The van der Waals surface area contributed by atoms with Crippen LogP contribution in [0.2, 0.25) is 0 Å². The Labute approximate surface area is 132 Å². The van der Waals surface area contributed by atoms with Crippen molar-refractivity contribution in [3.63, 3.8) is 0 Å². The molecule has 0 saturated carbocycles. The number of rotatable bonds is 6. The van der Waals surface area contributed by atoms with Gasteiger partial charge < -0.3 is 5.32 Å². The monoisotopic (exact) mass is 330 g/mol. The zero-order valence-corrected chi connectivity index (χ0v) is 14.8. The van der Waals surface area contributed by atoms with Crippen LogP contribution in [0.1, 0.15) is 52.0 Å². The molecule has 2 atom stereocenters. The molecule has 0 aromatic carbocycles. The van der Waals surface area contributed by atoms with Gasteiger partial charge in [0.25, 0.3) is 10.0 Å². The summed E-state index contributed by atoms with van der Waals surface area (Å²) in [7, 11) is -3.35. The van der Waals surface area contributed by atoms with Gasteiger partial charge in [0.05, 0.1) is 0 Å². The number of nitrogens with zero attached hydrogens (tertiary/aromatic N) is 1. The molecule has 1 aromatic heterocycles. The molecule has 1 aliphatic rings. The van der Waals surface area contributed by atoms with E-state index < -0.39 is 10.0 Å². The molecule has 0 bridgehead atoms. The minimum atomic E-state index is -3.35. The molecule has 0 radical (unpaired) electrons. The van der Waals surface area contributed by atoms with Gasteiger partial charge in [-0.05, 0) is 56.7 Å². The number of sulfonamides is 1. The Hall–Kier alpha value is -0.430. The lowest BCUT2D eigenvalue weighted by molar-refractivity contribution is 0.204. The van der Waals surface area contributed by atoms with E-state index in [1.807, 2.05) is 25.3 Å². The molecule has 21 heavy (non-hydrogen) atoms. The molecule has 0 aliphatic carbocycles. The molecule has 0 amide bonds. The van der Waals surface area contributed by atoms with Crippen molar-refractivity contribution >= 4 is 21.4 Å². The Morgan fingerprint density at radius 1 is 1.33 bits per heavy atom. The van der Waals surface area contributed by atoms with E-state index in [0.717, 1.165) is 44.3 Å². The molecule has 1 aliphatic heterocycles. The first-order valence-electron chi connectivity index (χ1n) is 7.78. The fraction of sp³-hybridized carbons (Fsp3) is 0.733. The van der Waals surface area contributed by atoms with Crippen LogP contribution >= 0.6 is 11.3 Å². The number of thiophene rings is 1. The number of hydrogen-bond donors (Lipinski definition) is 1. The van der Waals surface area contributed by atoms with E-state index in [0.29, 0.717) is 4.21 Å². The van der Waals surface area contributed by atoms with Crippen LogP contribution in [0.4, 0.5) is 0 Å². The Kier molecular flexibility index (Phi) is 5.82. The van der Waals surface area contributed by atoms with Crippen molar-refractivity contribution in [2.24, 2.45) is 0 Å². The summed E-state index contributed by atoms with van der Waals surface area (Å²) in [5, 5.41) is 5.26. The maximum absolute atomic E-state index is 12.9. The zero-order valence-electron chi connectivity index (χ0n) is 13.1. The SMILES string of the molecule is CCCNCc1csc(S(=O)(=O)N2[C@H](C)CCC[C@@H]2C)c1. The number of hydrogen-bond acceptors (Lipinski definition) is 4. The van der Waals surface area contributed by atoms with Crippen molar-refractivity contribution in [1.82, 2.24) is 9.62 Å². The van der Waals surface area contributed by atoms with Gasteiger partial charge in [0.2, 0.25) is 0 Å². The second-order valence-corrected chi connectivity index (χ2v) is 8.90. The molecule has 2 heterocycles. The van der Waals surface area contributed by atoms with E-state index in [9.17, 15) is 8.42 Å². The predicted molar refractivity (Wildman–Crippen MR) is 88.1 cm³/mol. The topological polar surface area (TPSA) is 49.4 Å². The van der Waals surface area contributed by atoms with Crippen LogP contribution in [0.5, 0.6) is 0 Å². The summed E-state index contributed by atoms with van der Waals surface area (Å²) >= 11 is 1.34. The van der Waals surface area contributed by atoms with Crippen LogP contribution in [0, 0.1) is 0 Å². The van der Waals surface area contributed by atoms with Gasteiger partial charge >= 0.3 is 0 Å². The molecule has 120 valence electrons. The first-order valence-corrected chi connectivity index (χ1v) is 10.1. The summed E-state index contributed by atoms with van der Waals surface area (Å²) in [5.41, 5.74) is 1.06. The van der Waals surface area contributed by atoms with Crippen molar-refractivity contribution < 1.29 is 8.42 Å². The predicted octanol–water partition coefficient (Wildman–Crippen LogP) is 3.20. The summed E-state index contributed by atoms with van der Waals surface area (Å²) in [6.45, 7) is 7.85. The van der Waals surface area contributed by atoms with Crippen LogP contribution < -0.4 is 5.32 Å². The highest BCUT2D eigenvalue weighted by Crippen LogP contribution is 2.32. The number of nitrogens with one attached hydrogen (secondary N) is 1. The minimum Gasteiger partial charge on any atom is -0.313 e. The standard InChI is InChI=1S/C15H26N2O2S2/c1-4-8-16-10-14-9-15(20-11-14)21(18,19)17-12(2)6-5-7-13(17)3/h9,11-13,16H,4-8,10H2,1-3H3/t12-,13+. The normalized spacial score (nSPS) is 24.3. The third kappa shape index (κ3) is 3.86. The average molecular weight is 331 g/mol. The van der Waals surface area contributed by atoms with Crippen molar-refractivity contribution in [2.45, 2.75) is 69.3 Å². The van der Waals surface area contributed by atoms with E-state index in [2.05, 4.69) is 12.2 Å². The van der Waals surface area contributed by atoms with E-state index in [4.69, 9.17) is 0 Å². The molecule has 1 aromatic rings. The highest BCUT2D eigenvalue weighted by atomic mass is 32.2. The van der Waals surface area contributed by atoms with E-state index in [-0.39, 0.29) is 12.1 Å². The van der Waals surface area contributed by atoms with Crippen LogP contribution in [-0.4, -0.2) is 31.4 Å². The molecular formula is C15H26N2O2S2. The quantitative estimate of drug-likeness (QED) is 0.815. The lowest BCUT2D eigenvalue weighted by Gasteiger charge is -2.37. The highest BCUT2D eigenvalue weighted by molar-refractivity contribution is 7.91. The molecule has 1 saturated heterocycles. The third-order valence-electron chi connectivity index (χ3n) is 4.03. The zero-order chi connectivity index (χ0) is 15.5. The van der Waals surface area contributed by atoms with Crippen LogP contribution in [0.3, 0.4) is 0 Å². The van der Waals surface area contributed by atoms with Crippen LogP contribution in [0.25, 0.3) is 0 Å². The third-order valence-corrected chi connectivity index (χ3v) is 7.62. The summed E-state index contributed by atoms with van der Waals surface area (Å²) in [4.78, 5) is 0. The summed E-state index contributed by atoms with van der Waals surface area (Å²) in [6, 6.07) is 2.03. The molecule has 4 nitrogen and oxygen atoms in total. The second-order valence-electron chi connectivity index (χ2n) is 5.91. The fourth-order valence-electron chi connectivity index (χ4n) is 2.97. The lowest BCUT2D eigenvalue weighted by Crippen LogP contribution is -2.47. The van der Waals surface area contributed by atoms with Crippen molar-refractivity contribution in [3.8, 4) is 0 Å². The van der Waals surface area contributed by atoms with E-state index >= 15 is 0 Å². The Bertz CT molecular complexity index is 544. The summed E-state index contributed by atoms with van der Waals surface area (Å²) in [6.07, 6.45) is 4.11. The number of piperidine rings is 1. The van der Waals surface area contributed by atoms with E-state index in [1.54, 1.807) is 4.31 Å². The van der Waals surface area contributed by atoms with Crippen molar-refractivity contribution in [1.29, 1.82) is 0 Å². The highest BCUT2D eigenvalue weighted by Gasteiger charge is 2.36. The Morgan fingerprint density at radius 3 is 2.62 bits per heavy atom. The lowest BCUT2D eigenvalue weighted by atomic mass is 10.0. The molecular weight excluding hydrogens is 304 g/mol. The van der Waals surface area contributed by atoms with Crippen LogP contribution in [-0.2, 0) is 16.6 Å². The fourth-order valence-corrected chi connectivity index (χ4v) is 6.16. The van der Waals surface area contributed by atoms with Gasteiger partial charge in [-0.3, -0.25) is 0 Å². The Balaban J connectivity index is 2.15. The molecule has 0 spiro atoms. The van der Waals surface area contributed by atoms with Gasteiger partial charge in [-0.2, -0.15) is 4.31 Å². The first kappa shape index (κ1) is 16.9. The van der Waals surface area contributed by atoms with Crippen LogP contribution in [0.15, 0.2) is 15.7 Å². The van der Waals surface area contributed by atoms with Gasteiger partial charge in [0, 0.05) is 18.6 Å². The average Bonchev–Trinajstić information content (AvgIpc) is 2.88. The second kappa shape index (κ2) is 7.22. The van der Waals surface area contributed by atoms with Crippen molar-refractivity contribution in [3.05, 3.63) is 17.0 Å². The minimum absolute atomic E-state index is 0.0996. The molecule has 0 unspecified atom stereocenters. The summed E-state index contributed by atoms with van der Waals surface area (Å²) < 4.78 is 27.9. The first-order chi connectivity index (χ1) is 9.96. The van der Waals surface area contributed by atoms with Gasteiger partial charge in [0.1, 0.15) is 4.21 Å². The van der Waals surface area contributed by atoms with Gasteiger partial charge in [-0.15, -0.1) is 11.3 Å². The maximum atomic E-state index is 12.9. The van der Waals surface area contributed by atoms with Gasteiger partial charge in [-0.1, -0.05) is 13.3 Å². The van der Waals surface area contributed by atoms with Gasteiger partial charge in [-0.25, -0.2) is 8.42 Å². The van der Waals surface area contributed by atoms with E-state index in [1.165, 1.54) is 11.3 Å². The molecule has 6 heteroatoms. The Morgan fingerprint density at radius 2 is 2.00 bits per heavy atom. The van der Waals surface area contributed by atoms with Gasteiger partial charge in [0.15, 0.2) is 0 Å². The largest absolute Gasteiger partial charge is 0.313 e. The summed E-state index contributed by atoms with van der Waals surface area (Å²) in [5.74, 6) is 0. The smallest absolute Gasteiger partial charge is 0.253 e. The molecule has 1 N–H and O–H groups in total. The molecule has 2 rings (SSSR count). The molecule has 1 fully saturated rings. The van der Waals surface area contributed by atoms with Crippen molar-refractivity contribution in [2.75, 3.05) is 6.54 Å².